The second kappa shape index (κ2) is 7.92. The van der Waals surface area contributed by atoms with Gasteiger partial charge in [-0.3, -0.25) is 4.79 Å². The molecular weight excluding hydrogens is 457 g/mol. The highest BCUT2D eigenvalue weighted by atomic mass is 35.5. The van der Waals surface area contributed by atoms with E-state index in [4.69, 9.17) is 16.9 Å². The van der Waals surface area contributed by atoms with Gasteiger partial charge < -0.3 is 14.8 Å². The fourth-order valence-electron chi connectivity index (χ4n) is 5.04. The summed E-state index contributed by atoms with van der Waals surface area (Å²) in [5.41, 5.74) is 2.32. The molecule has 1 N–H and O–H groups in total. The van der Waals surface area contributed by atoms with E-state index in [0.717, 1.165) is 10.3 Å². The Hall–Kier alpha value is -3.32. The lowest BCUT2D eigenvalue weighted by Crippen LogP contribution is -2.51. The van der Waals surface area contributed by atoms with Crippen molar-refractivity contribution in [3.05, 3.63) is 47.2 Å². The number of piperidine rings is 1. The maximum atomic E-state index is 13.0. The van der Waals surface area contributed by atoms with Crippen molar-refractivity contribution in [3.63, 3.8) is 0 Å². The third-order valence-corrected chi connectivity index (χ3v) is 6.78. The number of amides is 1. The number of hydrogen-bond acceptors (Lipinski definition) is 5. The van der Waals surface area contributed by atoms with Crippen LogP contribution in [0.5, 0.6) is 0 Å². The van der Waals surface area contributed by atoms with E-state index in [-0.39, 0.29) is 6.04 Å². The van der Waals surface area contributed by atoms with Gasteiger partial charge in [-0.05, 0) is 49.9 Å². The maximum absolute atomic E-state index is 13.0. The van der Waals surface area contributed by atoms with E-state index in [0.29, 0.717) is 53.3 Å². The van der Waals surface area contributed by atoms with Crippen LogP contribution in [-0.2, 0) is 4.79 Å². The van der Waals surface area contributed by atoms with E-state index in [1.807, 2.05) is 22.9 Å². The minimum atomic E-state index is -4.85. The Morgan fingerprint density at radius 2 is 1.88 bits per heavy atom. The van der Waals surface area contributed by atoms with Crippen molar-refractivity contribution in [2.75, 3.05) is 5.32 Å². The Morgan fingerprint density at radius 1 is 1.15 bits per heavy atom. The molecule has 2 atom stereocenters. The van der Waals surface area contributed by atoms with Gasteiger partial charge in [0.1, 0.15) is 0 Å². The third-order valence-electron chi connectivity index (χ3n) is 6.46. The SMILES string of the molecule is N#Cc1ccc(Nc2cnnc3c2ccn3C2C[C@@H]3CC[C@@H](C2)N3C(=O)C(F)(F)F)c(Cl)c1. The van der Waals surface area contributed by atoms with Gasteiger partial charge in [0.2, 0.25) is 0 Å². The average Bonchev–Trinajstić information content (AvgIpc) is 3.32. The van der Waals surface area contributed by atoms with Crippen molar-refractivity contribution < 1.29 is 18.0 Å². The number of alkyl halides is 3. The molecule has 0 saturated carbocycles. The van der Waals surface area contributed by atoms with Gasteiger partial charge in [0.15, 0.2) is 5.65 Å². The molecule has 2 aliphatic rings. The van der Waals surface area contributed by atoms with Gasteiger partial charge >= 0.3 is 12.1 Å². The Kier molecular flexibility index (Phi) is 5.16. The van der Waals surface area contributed by atoms with Crippen LogP contribution in [0.1, 0.15) is 37.3 Å². The monoisotopic (exact) mass is 474 g/mol. The first-order chi connectivity index (χ1) is 15.8. The van der Waals surface area contributed by atoms with Crippen LogP contribution < -0.4 is 5.32 Å². The number of carbonyl (C=O) groups excluding carboxylic acids is 1. The molecule has 33 heavy (non-hydrogen) atoms. The van der Waals surface area contributed by atoms with Crippen molar-refractivity contribution in [1.82, 2.24) is 19.7 Å². The summed E-state index contributed by atoms with van der Waals surface area (Å²) in [6.45, 7) is 0. The fourth-order valence-corrected chi connectivity index (χ4v) is 5.27. The van der Waals surface area contributed by atoms with Crippen LogP contribution in [0.4, 0.5) is 24.5 Å². The summed E-state index contributed by atoms with van der Waals surface area (Å²) in [6, 6.07) is 7.86. The van der Waals surface area contributed by atoms with E-state index in [2.05, 4.69) is 15.5 Å². The smallest absolute Gasteiger partial charge is 0.352 e. The standard InChI is InChI=1S/C22H18ClF3N6O/c23-17-7-12(10-27)1-4-18(17)29-19-11-28-30-20-16(19)5-6-31(20)15-8-13-2-3-14(9-15)32(13)21(33)22(24,25)26/h1,4-7,11,13-15H,2-3,8-9H2,(H,29,30)/t13-,14-/m0/s1. The molecule has 1 amide bonds. The number of nitriles is 1. The minimum Gasteiger partial charge on any atom is -0.352 e. The Bertz CT molecular complexity index is 1270. The highest BCUT2D eigenvalue weighted by Gasteiger charge is 2.52. The summed E-state index contributed by atoms with van der Waals surface area (Å²) in [7, 11) is 0. The molecule has 4 heterocycles. The van der Waals surface area contributed by atoms with Gasteiger partial charge in [0.05, 0.1) is 34.2 Å². The third kappa shape index (κ3) is 3.76. The van der Waals surface area contributed by atoms with Gasteiger partial charge in [-0.1, -0.05) is 11.6 Å². The van der Waals surface area contributed by atoms with Crippen molar-refractivity contribution in [3.8, 4) is 6.07 Å². The molecular formula is C22H18ClF3N6O. The van der Waals surface area contributed by atoms with Crippen LogP contribution in [-0.4, -0.2) is 43.8 Å². The number of benzene rings is 1. The van der Waals surface area contributed by atoms with Crippen LogP contribution in [0.3, 0.4) is 0 Å². The fraction of sp³-hybridized carbons (Fsp3) is 0.364. The molecule has 2 aliphatic heterocycles. The first-order valence-electron chi connectivity index (χ1n) is 10.4. The molecule has 5 rings (SSSR count). The lowest BCUT2D eigenvalue weighted by atomic mass is 9.97. The molecule has 2 fully saturated rings. The Morgan fingerprint density at radius 3 is 2.52 bits per heavy atom. The molecule has 2 saturated heterocycles. The van der Waals surface area contributed by atoms with Crippen LogP contribution >= 0.6 is 11.6 Å². The second-order valence-electron chi connectivity index (χ2n) is 8.37. The minimum absolute atomic E-state index is 0.0830. The second-order valence-corrected chi connectivity index (χ2v) is 8.78. The first kappa shape index (κ1) is 21.5. The van der Waals surface area contributed by atoms with Crippen LogP contribution in [0.2, 0.25) is 5.02 Å². The number of nitrogens with one attached hydrogen (secondary N) is 1. The number of carbonyl (C=O) groups is 1. The number of halogens is 4. The van der Waals surface area contributed by atoms with Gasteiger partial charge in [0.25, 0.3) is 0 Å². The summed E-state index contributed by atoms with van der Waals surface area (Å²) < 4.78 is 41.0. The van der Waals surface area contributed by atoms with Crippen molar-refractivity contribution in [1.29, 1.82) is 5.26 Å². The topological polar surface area (TPSA) is 86.8 Å². The summed E-state index contributed by atoms with van der Waals surface area (Å²) in [6.07, 6.45) is 0.569. The summed E-state index contributed by atoms with van der Waals surface area (Å²) in [5, 5.41) is 21.8. The van der Waals surface area contributed by atoms with Crippen molar-refractivity contribution >= 4 is 39.9 Å². The predicted octanol–water partition coefficient (Wildman–Crippen LogP) is 4.96. The van der Waals surface area contributed by atoms with E-state index in [9.17, 15) is 18.0 Å². The molecule has 0 spiro atoms. The first-order valence-corrected chi connectivity index (χ1v) is 10.8. The molecule has 0 unspecified atom stereocenters. The quantitative estimate of drug-likeness (QED) is 0.580. The summed E-state index contributed by atoms with van der Waals surface area (Å²) >= 11 is 6.28. The van der Waals surface area contributed by atoms with Crippen molar-refractivity contribution in [2.24, 2.45) is 0 Å². The van der Waals surface area contributed by atoms with Gasteiger partial charge in [-0.2, -0.15) is 23.5 Å². The lowest BCUT2D eigenvalue weighted by Gasteiger charge is -2.39. The zero-order chi connectivity index (χ0) is 23.3. The van der Waals surface area contributed by atoms with Gasteiger partial charge in [-0.15, -0.1) is 5.10 Å². The molecule has 11 heteroatoms. The maximum Gasteiger partial charge on any atom is 0.471 e. The van der Waals surface area contributed by atoms with E-state index < -0.39 is 24.2 Å². The number of rotatable bonds is 3. The molecule has 0 radical (unpaired) electrons. The lowest BCUT2D eigenvalue weighted by molar-refractivity contribution is -0.190. The molecule has 7 nitrogen and oxygen atoms in total. The number of fused-ring (bicyclic) bond motifs is 3. The largest absolute Gasteiger partial charge is 0.471 e. The van der Waals surface area contributed by atoms with Crippen LogP contribution in [0.15, 0.2) is 36.7 Å². The Balaban J connectivity index is 1.42. The summed E-state index contributed by atoms with van der Waals surface area (Å²) in [4.78, 5) is 12.9. The van der Waals surface area contributed by atoms with Gasteiger partial charge in [0, 0.05) is 29.7 Å². The summed E-state index contributed by atoms with van der Waals surface area (Å²) in [5.74, 6) is -1.74. The number of aromatic nitrogens is 3. The molecule has 170 valence electrons. The normalized spacial score (nSPS) is 22.4. The van der Waals surface area contributed by atoms with Crippen LogP contribution in [0.25, 0.3) is 11.0 Å². The average molecular weight is 475 g/mol. The van der Waals surface area contributed by atoms with Gasteiger partial charge in [-0.25, -0.2) is 0 Å². The number of anilines is 2. The molecule has 3 aromatic rings. The molecule has 2 aromatic heterocycles. The van der Waals surface area contributed by atoms with Crippen molar-refractivity contribution in [2.45, 2.75) is 50.0 Å². The zero-order valence-corrected chi connectivity index (χ0v) is 17.9. The number of nitrogens with zero attached hydrogens (tertiary/aromatic N) is 5. The highest BCUT2D eigenvalue weighted by Crippen LogP contribution is 2.44. The number of hydrogen-bond donors (Lipinski definition) is 1. The zero-order valence-electron chi connectivity index (χ0n) is 17.2. The highest BCUT2D eigenvalue weighted by molar-refractivity contribution is 6.33. The molecule has 1 aromatic carbocycles. The van der Waals surface area contributed by atoms with E-state index in [1.165, 1.54) is 0 Å². The predicted molar refractivity (Wildman–Crippen MR) is 115 cm³/mol. The molecule has 2 bridgehead atoms. The molecule has 0 aliphatic carbocycles. The van der Waals surface area contributed by atoms with E-state index in [1.54, 1.807) is 24.4 Å². The van der Waals surface area contributed by atoms with Crippen LogP contribution in [0, 0.1) is 11.3 Å². The van der Waals surface area contributed by atoms with E-state index >= 15 is 0 Å². The Labute approximate surface area is 191 Å².